The van der Waals surface area contributed by atoms with Crippen LogP contribution in [-0.4, -0.2) is 50.6 Å². The SMILES string of the molecule is COc1cccc(NC(=O)CSc2nc3ccc(NC(=O)CSc4n[nH]c(-c5ccccc5)n4)cc3s2)c1. The molecule has 5 aromatic rings. The molecule has 0 aliphatic heterocycles. The first-order chi connectivity index (χ1) is 18.6. The van der Waals surface area contributed by atoms with E-state index in [2.05, 4.69) is 30.8 Å². The summed E-state index contributed by atoms with van der Waals surface area (Å²) in [7, 11) is 1.58. The number of carbonyl (C=O) groups is 2. The number of hydrogen-bond acceptors (Lipinski definition) is 9. The highest BCUT2D eigenvalue weighted by atomic mass is 32.2. The summed E-state index contributed by atoms with van der Waals surface area (Å²) >= 11 is 4.10. The van der Waals surface area contributed by atoms with E-state index in [1.54, 1.807) is 13.2 Å². The Balaban J connectivity index is 1.12. The van der Waals surface area contributed by atoms with Crippen molar-refractivity contribution in [1.82, 2.24) is 20.2 Å². The maximum absolute atomic E-state index is 12.5. The second kappa shape index (κ2) is 12.1. The van der Waals surface area contributed by atoms with E-state index >= 15 is 0 Å². The molecule has 0 radical (unpaired) electrons. The highest BCUT2D eigenvalue weighted by molar-refractivity contribution is 8.01. The minimum atomic E-state index is -0.159. The first-order valence-electron chi connectivity index (χ1n) is 11.4. The predicted octanol–water partition coefficient (Wildman–Crippen LogP) is 5.55. The van der Waals surface area contributed by atoms with Gasteiger partial charge in [-0.2, -0.15) is 0 Å². The minimum Gasteiger partial charge on any atom is -0.497 e. The summed E-state index contributed by atoms with van der Waals surface area (Å²) in [5, 5.41) is 13.4. The third-order valence-corrected chi connectivity index (χ3v) is 8.19. The van der Waals surface area contributed by atoms with E-state index < -0.39 is 0 Å². The number of nitrogens with one attached hydrogen (secondary N) is 3. The molecule has 0 aliphatic rings. The van der Waals surface area contributed by atoms with E-state index in [4.69, 9.17) is 4.74 Å². The van der Waals surface area contributed by atoms with E-state index in [0.717, 1.165) is 20.1 Å². The Labute approximate surface area is 230 Å². The molecule has 9 nitrogen and oxygen atoms in total. The van der Waals surface area contributed by atoms with Crippen LogP contribution in [0.25, 0.3) is 21.6 Å². The molecule has 38 heavy (non-hydrogen) atoms. The summed E-state index contributed by atoms with van der Waals surface area (Å²) in [5.74, 6) is 1.46. The number of hydrogen-bond donors (Lipinski definition) is 3. The Morgan fingerprint density at radius 1 is 0.895 bits per heavy atom. The number of ether oxygens (including phenoxy) is 1. The van der Waals surface area contributed by atoms with Gasteiger partial charge in [0, 0.05) is 23.0 Å². The third kappa shape index (κ3) is 6.71. The number of benzene rings is 3. The molecule has 0 saturated carbocycles. The molecule has 0 atom stereocenters. The lowest BCUT2D eigenvalue weighted by Crippen LogP contribution is -2.14. The number of rotatable bonds is 10. The maximum Gasteiger partial charge on any atom is 0.234 e. The topological polar surface area (TPSA) is 122 Å². The largest absolute Gasteiger partial charge is 0.497 e. The van der Waals surface area contributed by atoms with Crippen molar-refractivity contribution in [2.45, 2.75) is 9.50 Å². The van der Waals surface area contributed by atoms with Gasteiger partial charge in [-0.3, -0.25) is 14.7 Å². The van der Waals surface area contributed by atoms with Crippen molar-refractivity contribution in [2.24, 2.45) is 0 Å². The number of amides is 2. The first-order valence-corrected chi connectivity index (χ1v) is 14.2. The quantitative estimate of drug-likeness (QED) is 0.189. The fraction of sp³-hybridized carbons (Fsp3) is 0.115. The predicted molar refractivity (Wildman–Crippen MR) is 153 cm³/mol. The van der Waals surface area contributed by atoms with Gasteiger partial charge in [-0.05, 0) is 30.3 Å². The van der Waals surface area contributed by atoms with Gasteiger partial charge in [-0.15, -0.1) is 16.4 Å². The van der Waals surface area contributed by atoms with Crippen LogP contribution in [0.3, 0.4) is 0 Å². The molecule has 2 aromatic heterocycles. The lowest BCUT2D eigenvalue weighted by Gasteiger charge is -2.06. The van der Waals surface area contributed by atoms with Crippen LogP contribution in [-0.2, 0) is 9.59 Å². The summed E-state index contributed by atoms with van der Waals surface area (Å²) in [6, 6.07) is 22.5. The van der Waals surface area contributed by atoms with Crippen molar-refractivity contribution in [3.8, 4) is 17.1 Å². The summed E-state index contributed by atoms with van der Waals surface area (Å²) in [6.07, 6.45) is 0. The molecule has 0 saturated heterocycles. The van der Waals surface area contributed by atoms with Gasteiger partial charge in [0.25, 0.3) is 0 Å². The van der Waals surface area contributed by atoms with E-state index in [1.165, 1.54) is 34.9 Å². The average molecular weight is 563 g/mol. The summed E-state index contributed by atoms with van der Waals surface area (Å²) in [4.78, 5) is 33.9. The number of H-pyrrole nitrogens is 1. The maximum atomic E-state index is 12.5. The molecule has 192 valence electrons. The Kier molecular flexibility index (Phi) is 8.22. The van der Waals surface area contributed by atoms with Crippen molar-refractivity contribution in [3.63, 3.8) is 0 Å². The highest BCUT2D eigenvalue weighted by Gasteiger charge is 2.12. The third-order valence-electron chi connectivity index (χ3n) is 5.18. The van der Waals surface area contributed by atoms with Gasteiger partial charge in [0.05, 0.1) is 28.8 Å². The molecule has 12 heteroatoms. The van der Waals surface area contributed by atoms with Crippen molar-refractivity contribution in [2.75, 3.05) is 29.2 Å². The number of aromatic amines is 1. The van der Waals surface area contributed by atoms with Gasteiger partial charge in [0.1, 0.15) is 5.75 Å². The summed E-state index contributed by atoms with van der Waals surface area (Å²) < 4.78 is 6.88. The molecule has 0 unspecified atom stereocenters. The van der Waals surface area contributed by atoms with Gasteiger partial charge in [-0.25, -0.2) is 9.97 Å². The van der Waals surface area contributed by atoms with Crippen LogP contribution < -0.4 is 15.4 Å². The van der Waals surface area contributed by atoms with Crippen molar-refractivity contribution < 1.29 is 14.3 Å². The molecule has 0 aliphatic carbocycles. The summed E-state index contributed by atoms with van der Waals surface area (Å²) in [6.45, 7) is 0. The number of nitrogens with zero attached hydrogens (tertiary/aromatic N) is 3. The molecule has 2 amide bonds. The molecule has 3 aromatic carbocycles. The average Bonchev–Trinajstić information content (AvgIpc) is 3.58. The molecular formula is C26H22N6O3S3. The molecule has 0 spiro atoms. The van der Waals surface area contributed by atoms with Crippen molar-refractivity contribution in [3.05, 3.63) is 72.8 Å². The fourth-order valence-corrected chi connectivity index (χ4v) is 5.94. The second-order valence-electron chi connectivity index (χ2n) is 7.90. The Hall–Kier alpha value is -3.87. The molecular weight excluding hydrogens is 541 g/mol. The van der Waals surface area contributed by atoms with Gasteiger partial charge in [0.2, 0.25) is 17.0 Å². The molecule has 0 bridgehead atoms. The smallest absolute Gasteiger partial charge is 0.234 e. The lowest BCUT2D eigenvalue weighted by atomic mass is 10.2. The second-order valence-corrected chi connectivity index (χ2v) is 11.1. The zero-order chi connectivity index (χ0) is 26.3. The Morgan fingerprint density at radius 2 is 1.66 bits per heavy atom. The standard InChI is InChI=1S/C26H22N6O3S3/c1-35-19-9-5-8-17(12-19)27-23(34)15-37-26-29-20-11-10-18(13-21(20)38-26)28-22(33)14-36-25-30-24(31-32-25)16-6-3-2-4-7-16/h2-13H,14-15H2,1H3,(H,27,34)(H,28,33)(H,30,31,32). The van der Waals surface area contributed by atoms with E-state index in [9.17, 15) is 9.59 Å². The van der Waals surface area contributed by atoms with Crippen LogP contribution >= 0.6 is 34.9 Å². The molecule has 0 fully saturated rings. The van der Waals surface area contributed by atoms with Crippen LogP contribution in [0.5, 0.6) is 5.75 Å². The molecule has 2 heterocycles. The van der Waals surface area contributed by atoms with Crippen LogP contribution in [0, 0.1) is 0 Å². The van der Waals surface area contributed by atoms with E-state index in [1.807, 2.05) is 66.7 Å². The lowest BCUT2D eigenvalue weighted by molar-refractivity contribution is -0.114. The zero-order valence-electron chi connectivity index (χ0n) is 20.1. The number of thiazole rings is 1. The monoisotopic (exact) mass is 562 g/mol. The molecule has 5 rings (SSSR count). The minimum absolute atomic E-state index is 0.129. The van der Waals surface area contributed by atoms with Crippen molar-refractivity contribution in [1.29, 1.82) is 0 Å². The fourth-order valence-electron chi connectivity index (χ4n) is 3.43. The van der Waals surface area contributed by atoms with Crippen molar-refractivity contribution >= 4 is 68.3 Å². The van der Waals surface area contributed by atoms with Gasteiger partial charge in [-0.1, -0.05) is 59.9 Å². The van der Waals surface area contributed by atoms with Crippen LogP contribution in [0.2, 0.25) is 0 Å². The number of carbonyl (C=O) groups excluding carboxylic acids is 2. The number of fused-ring (bicyclic) bond motifs is 1. The Bertz CT molecular complexity index is 1570. The number of anilines is 2. The van der Waals surface area contributed by atoms with Gasteiger partial charge in [0.15, 0.2) is 10.2 Å². The number of methoxy groups -OCH3 is 1. The number of aromatic nitrogens is 4. The number of thioether (sulfide) groups is 2. The Morgan fingerprint density at radius 3 is 2.45 bits per heavy atom. The van der Waals surface area contributed by atoms with Crippen LogP contribution in [0.1, 0.15) is 0 Å². The van der Waals surface area contributed by atoms with E-state index in [-0.39, 0.29) is 23.3 Å². The van der Waals surface area contributed by atoms with E-state index in [0.29, 0.717) is 28.1 Å². The zero-order valence-corrected chi connectivity index (χ0v) is 22.6. The highest BCUT2D eigenvalue weighted by Crippen LogP contribution is 2.31. The van der Waals surface area contributed by atoms with Crippen LogP contribution in [0.15, 0.2) is 82.3 Å². The first kappa shape index (κ1) is 25.8. The normalized spacial score (nSPS) is 10.9. The van der Waals surface area contributed by atoms with Gasteiger partial charge < -0.3 is 15.4 Å². The summed E-state index contributed by atoms with van der Waals surface area (Å²) in [5.41, 5.74) is 3.10. The van der Waals surface area contributed by atoms with Gasteiger partial charge >= 0.3 is 0 Å². The van der Waals surface area contributed by atoms with Crippen LogP contribution in [0.4, 0.5) is 11.4 Å². The molecule has 3 N–H and O–H groups in total.